The van der Waals surface area contributed by atoms with Crippen LogP contribution in [0, 0.1) is 0 Å². The lowest BCUT2D eigenvalue weighted by Crippen LogP contribution is -2.25. The molecule has 1 saturated carbocycles. The van der Waals surface area contributed by atoms with Crippen molar-refractivity contribution in [1.29, 1.82) is 0 Å². The number of aromatic nitrogens is 2. The lowest BCUT2D eigenvalue weighted by atomic mass is 9.88. The van der Waals surface area contributed by atoms with Crippen molar-refractivity contribution in [2.45, 2.75) is 58.0 Å². The van der Waals surface area contributed by atoms with Gasteiger partial charge in [0.15, 0.2) is 11.5 Å². The molecule has 0 spiro atoms. The fourth-order valence-electron chi connectivity index (χ4n) is 6.09. The summed E-state index contributed by atoms with van der Waals surface area (Å²) in [5.41, 5.74) is 3.38. The van der Waals surface area contributed by atoms with E-state index in [0.717, 1.165) is 58.1 Å². The summed E-state index contributed by atoms with van der Waals surface area (Å²) in [5, 5.41) is 7.65. The zero-order chi connectivity index (χ0) is 30.5. The number of hydrogen-bond acceptors (Lipinski definition) is 5. The maximum absolute atomic E-state index is 13.8. The molecule has 0 radical (unpaired) electrons. The van der Waals surface area contributed by atoms with Gasteiger partial charge in [-0.15, -0.1) is 6.58 Å². The van der Waals surface area contributed by atoms with Crippen LogP contribution >= 0.6 is 15.9 Å². The van der Waals surface area contributed by atoms with E-state index >= 15 is 0 Å². The average Bonchev–Trinajstić information content (AvgIpc) is 3.05. The zero-order valence-electron chi connectivity index (χ0n) is 25.0. The third-order valence-corrected chi connectivity index (χ3v) is 8.69. The second kappa shape index (κ2) is 13.6. The number of benzene rings is 4. The van der Waals surface area contributed by atoms with Crippen LogP contribution in [-0.2, 0) is 13.0 Å². The molecular formula is C37H36BrN3O3. The maximum Gasteiger partial charge on any atom is 0.282 e. The standard InChI is InChI=1S/C37H36BrN3O3/c1-3-11-28-20-25(21-34(43-4-2)35(28)44-24-29-16-10-15-26-12-8-9-17-31(26)29)23-39-41-36(27-13-6-5-7-14-27)40-33-19-18-30(38)22-32(33)37(41)42/h3,8-10,12,15-23,27H,1,4-7,11,13-14,24H2,2H3. The molecule has 224 valence electrons. The van der Waals surface area contributed by atoms with Crippen molar-refractivity contribution in [2.75, 3.05) is 6.61 Å². The quantitative estimate of drug-likeness (QED) is 0.112. The van der Waals surface area contributed by atoms with Crippen LogP contribution in [0.1, 0.15) is 67.5 Å². The fraction of sp³-hybridized carbons (Fsp3) is 0.270. The Bertz CT molecular complexity index is 1900. The van der Waals surface area contributed by atoms with Crippen LogP contribution in [0.3, 0.4) is 0 Å². The van der Waals surface area contributed by atoms with Gasteiger partial charge in [-0.2, -0.15) is 9.78 Å². The summed E-state index contributed by atoms with van der Waals surface area (Å²) >= 11 is 3.51. The number of nitrogens with zero attached hydrogens (tertiary/aromatic N) is 3. The van der Waals surface area contributed by atoms with Crippen molar-refractivity contribution in [3.63, 3.8) is 0 Å². The molecule has 0 amide bonds. The highest BCUT2D eigenvalue weighted by Gasteiger charge is 2.23. The Labute approximate surface area is 266 Å². The Morgan fingerprint density at radius 2 is 1.80 bits per heavy atom. The molecule has 7 heteroatoms. The normalized spacial score (nSPS) is 14.0. The number of ether oxygens (including phenoxy) is 2. The van der Waals surface area contributed by atoms with Gasteiger partial charge in [-0.25, -0.2) is 4.98 Å². The zero-order valence-corrected chi connectivity index (χ0v) is 26.6. The van der Waals surface area contributed by atoms with E-state index in [2.05, 4.69) is 52.8 Å². The van der Waals surface area contributed by atoms with E-state index in [1.165, 1.54) is 16.5 Å². The summed E-state index contributed by atoms with van der Waals surface area (Å²) in [4.78, 5) is 18.8. The van der Waals surface area contributed by atoms with Crippen LogP contribution in [-0.4, -0.2) is 22.5 Å². The summed E-state index contributed by atoms with van der Waals surface area (Å²) in [6.07, 6.45) is 9.65. The van der Waals surface area contributed by atoms with Crippen molar-refractivity contribution in [2.24, 2.45) is 5.10 Å². The molecule has 0 bridgehead atoms. The van der Waals surface area contributed by atoms with E-state index in [1.807, 2.05) is 55.5 Å². The second-order valence-electron chi connectivity index (χ2n) is 11.2. The molecule has 6 nitrogen and oxygen atoms in total. The number of hydrogen-bond donors (Lipinski definition) is 0. The molecule has 0 N–H and O–H groups in total. The molecule has 1 aliphatic carbocycles. The summed E-state index contributed by atoms with van der Waals surface area (Å²) < 4.78 is 14.9. The number of halogens is 1. The molecule has 0 saturated heterocycles. The number of rotatable bonds is 10. The van der Waals surface area contributed by atoms with Crippen molar-refractivity contribution in [3.8, 4) is 11.5 Å². The fourth-order valence-corrected chi connectivity index (χ4v) is 6.45. The van der Waals surface area contributed by atoms with Gasteiger partial charge in [0.2, 0.25) is 0 Å². The molecule has 1 aliphatic rings. The van der Waals surface area contributed by atoms with Crippen LogP contribution in [0.2, 0.25) is 0 Å². The maximum atomic E-state index is 13.8. The lowest BCUT2D eigenvalue weighted by Gasteiger charge is -2.22. The van der Waals surface area contributed by atoms with E-state index in [0.29, 0.717) is 42.0 Å². The minimum absolute atomic E-state index is 0.167. The van der Waals surface area contributed by atoms with Gasteiger partial charge in [0.05, 0.1) is 23.7 Å². The van der Waals surface area contributed by atoms with Gasteiger partial charge < -0.3 is 9.47 Å². The molecule has 0 atom stereocenters. The van der Waals surface area contributed by atoms with Crippen LogP contribution in [0.5, 0.6) is 11.5 Å². The van der Waals surface area contributed by atoms with Crippen molar-refractivity contribution in [3.05, 3.63) is 123 Å². The predicted octanol–water partition coefficient (Wildman–Crippen LogP) is 8.95. The average molecular weight is 651 g/mol. The Hall–Kier alpha value is -4.23. The lowest BCUT2D eigenvalue weighted by molar-refractivity contribution is 0.268. The Morgan fingerprint density at radius 3 is 2.61 bits per heavy atom. The van der Waals surface area contributed by atoms with Gasteiger partial charge in [-0.05, 0) is 78.4 Å². The van der Waals surface area contributed by atoms with Crippen molar-refractivity contribution >= 4 is 43.8 Å². The first-order valence-electron chi connectivity index (χ1n) is 15.3. The first-order valence-corrected chi connectivity index (χ1v) is 16.1. The molecular weight excluding hydrogens is 614 g/mol. The molecule has 1 aromatic heterocycles. The van der Waals surface area contributed by atoms with E-state index in [1.54, 1.807) is 6.21 Å². The highest BCUT2D eigenvalue weighted by molar-refractivity contribution is 9.10. The Balaban J connectivity index is 1.39. The highest BCUT2D eigenvalue weighted by Crippen LogP contribution is 2.35. The third kappa shape index (κ3) is 6.34. The van der Waals surface area contributed by atoms with Crippen LogP contribution in [0.15, 0.2) is 99.8 Å². The molecule has 4 aromatic carbocycles. The molecule has 5 aromatic rings. The molecule has 1 fully saturated rings. The summed E-state index contributed by atoms with van der Waals surface area (Å²) in [6.45, 7) is 6.81. The van der Waals surface area contributed by atoms with Gasteiger partial charge in [-0.3, -0.25) is 4.79 Å². The minimum atomic E-state index is -0.167. The van der Waals surface area contributed by atoms with Crippen LogP contribution in [0.25, 0.3) is 21.7 Å². The van der Waals surface area contributed by atoms with Gasteiger partial charge >= 0.3 is 0 Å². The second-order valence-corrected chi connectivity index (χ2v) is 12.1. The number of allylic oxidation sites excluding steroid dienone is 1. The molecule has 1 heterocycles. The number of fused-ring (bicyclic) bond motifs is 2. The van der Waals surface area contributed by atoms with Gasteiger partial charge in [-0.1, -0.05) is 83.7 Å². The van der Waals surface area contributed by atoms with E-state index < -0.39 is 0 Å². The molecule has 0 unspecified atom stereocenters. The Morgan fingerprint density at radius 1 is 0.977 bits per heavy atom. The molecule has 0 aliphatic heterocycles. The Kier molecular flexibility index (Phi) is 9.22. The van der Waals surface area contributed by atoms with Gasteiger partial charge in [0, 0.05) is 16.0 Å². The highest BCUT2D eigenvalue weighted by atomic mass is 79.9. The third-order valence-electron chi connectivity index (χ3n) is 8.20. The smallest absolute Gasteiger partial charge is 0.282 e. The molecule has 44 heavy (non-hydrogen) atoms. The monoisotopic (exact) mass is 649 g/mol. The summed E-state index contributed by atoms with van der Waals surface area (Å²) in [5.74, 6) is 2.25. The van der Waals surface area contributed by atoms with Gasteiger partial charge in [0.1, 0.15) is 12.4 Å². The van der Waals surface area contributed by atoms with Crippen LogP contribution < -0.4 is 15.0 Å². The summed E-state index contributed by atoms with van der Waals surface area (Å²) in [7, 11) is 0. The van der Waals surface area contributed by atoms with Crippen LogP contribution in [0.4, 0.5) is 0 Å². The van der Waals surface area contributed by atoms with Gasteiger partial charge in [0.25, 0.3) is 5.56 Å². The van der Waals surface area contributed by atoms with E-state index in [-0.39, 0.29) is 11.5 Å². The largest absolute Gasteiger partial charge is 0.490 e. The van der Waals surface area contributed by atoms with E-state index in [4.69, 9.17) is 19.6 Å². The van der Waals surface area contributed by atoms with Crippen molar-refractivity contribution in [1.82, 2.24) is 9.66 Å². The van der Waals surface area contributed by atoms with E-state index in [9.17, 15) is 4.79 Å². The summed E-state index contributed by atoms with van der Waals surface area (Å²) in [6, 6.07) is 24.2. The molecule has 6 rings (SSSR count). The first-order chi connectivity index (χ1) is 21.6. The predicted molar refractivity (Wildman–Crippen MR) is 182 cm³/mol. The minimum Gasteiger partial charge on any atom is -0.490 e. The first kappa shape index (κ1) is 29.8. The topological polar surface area (TPSA) is 65.7 Å². The van der Waals surface area contributed by atoms with Crippen molar-refractivity contribution < 1.29 is 9.47 Å². The SMILES string of the molecule is C=CCc1cc(C=Nn2c(C3CCCCC3)nc3ccc(Br)cc3c2=O)cc(OCC)c1OCc1cccc2ccccc12.